The minimum Gasteiger partial charge on any atom is -0.508 e. The third-order valence-corrected chi connectivity index (χ3v) is 2.76. The number of phenolic OH excluding ortho intramolecular Hbond substituents is 1. The molecule has 0 saturated heterocycles. The smallest absolute Gasteiger partial charge is 0.115 e. The molecule has 0 radical (unpaired) electrons. The summed E-state index contributed by atoms with van der Waals surface area (Å²) in [7, 11) is 0. The number of benzene rings is 1. The Balaban J connectivity index is 2.28. The molecule has 0 spiro atoms. The zero-order valence-corrected chi connectivity index (χ0v) is 8.39. The molecular weight excluding hydrogens is 180 g/mol. The van der Waals surface area contributed by atoms with Gasteiger partial charge in [-0.15, -0.1) is 18.3 Å². The molecule has 0 aromatic heterocycles. The minimum absolute atomic E-state index is 0.329. The number of unbranched alkanes of at least 4 members (excludes halogenated alkanes) is 1. The fourth-order valence-corrected chi connectivity index (χ4v) is 1.84. The highest BCUT2D eigenvalue weighted by atomic mass is 32.2. The van der Waals surface area contributed by atoms with Gasteiger partial charge >= 0.3 is 0 Å². The largest absolute Gasteiger partial charge is 0.508 e. The van der Waals surface area contributed by atoms with Gasteiger partial charge in [0, 0.05) is 4.90 Å². The molecule has 0 bridgehead atoms. The lowest BCUT2D eigenvalue weighted by molar-refractivity contribution is 0.475. The highest BCUT2D eigenvalue weighted by Gasteiger charge is 1.93. The van der Waals surface area contributed by atoms with Crippen molar-refractivity contribution in [2.24, 2.45) is 0 Å². The molecule has 13 heavy (non-hydrogen) atoms. The Morgan fingerprint density at radius 3 is 2.62 bits per heavy atom. The van der Waals surface area contributed by atoms with Gasteiger partial charge in [-0.1, -0.05) is 6.08 Å². The Kier molecular flexibility index (Phi) is 4.47. The SMILES string of the molecule is C=CCCCSc1ccc(O)cc1. The summed E-state index contributed by atoms with van der Waals surface area (Å²) in [4.78, 5) is 1.21. The lowest BCUT2D eigenvalue weighted by atomic mass is 10.3. The molecule has 70 valence electrons. The van der Waals surface area contributed by atoms with Crippen LogP contribution in [0.2, 0.25) is 0 Å². The molecule has 1 nitrogen and oxygen atoms in total. The second-order valence-electron chi connectivity index (χ2n) is 2.77. The van der Waals surface area contributed by atoms with Crippen molar-refractivity contribution in [1.29, 1.82) is 0 Å². The predicted octanol–water partition coefficient (Wildman–Crippen LogP) is 3.45. The van der Waals surface area contributed by atoms with Crippen molar-refractivity contribution in [2.75, 3.05) is 5.75 Å². The third-order valence-electron chi connectivity index (χ3n) is 1.66. The standard InChI is InChI=1S/C11H14OS/c1-2-3-4-9-13-11-7-5-10(12)6-8-11/h2,5-8,12H,1,3-4,9H2. The maximum atomic E-state index is 9.04. The maximum Gasteiger partial charge on any atom is 0.115 e. The highest BCUT2D eigenvalue weighted by molar-refractivity contribution is 7.99. The van der Waals surface area contributed by atoms with E-state index in [2.05, 4.69) is 6.58 Å². The first kappa shape index (κ1) is 10.2. The molecule has 0 aliphatic rings. The van der Waals surface area contributed by atoms with Crippen molar-refractivity contribution < 1.29 is 5.11 Å². The van der Waals surface area contributed by atoms with Crippen molar-refractivity contribution in [1.82, 2.24) is 0 Å². The van der Waals surface area contributed by atoms with Crippen LogP contribution < -0.4 is 0 Å². The molecule has 0 saturated carbocycles. The first-order chi connectivity index (χ1) is 6.33. The Morgan fingerprint density at radius 2 is 2.00 bits per heavy atom. The van der Waals surface area contributed by atoms with E-state index in [1.807, 2.05) is 30.0 Å². The summed E-state index contributed by atoms with van der Waals surface area (Å²) in [5, 5.41) is 9.04. The van der Waals surface area contributed by atoms with Gasteiger partial charge in [-0.05, 0) is 42.9 Å². The molecule has 1 rings (SSSR count). The zero-order valence-electron chi connectivity index (χ0n) is 7.57. The molecule has 1 N–H and O–H groups in total. The van der Waals surface area contributed by atoms with Gasteiger partial charge in [-0.25, -0.2) is 0 Å². The van der Waals surface area contributed by atoms with Gasteiger partial charge < -0.3 is 5.11 Å². The van der Waals surface area contributed by atoms with Crippen LogP contribution in [0.3, 0.4) is 0 Å². The summed E-state index contributed by atoms with van der Waals surface area (Å²) in [6.07, 6.45) is 4.18. The zero-order chi connectivity index (χ0) is 9.52. The molecule has 0 amide bonds. The van der Waals surface area contributed by atoms with Crippen LogP contribution >= 0.6 is 11.8 Å². The van der Waals surface area contributed by atoms with Crippen LogP contribution in [0.15, 0.2) is 41.8 Å². The Hall–Kier alpha value is -0.890. The van der Waals surface area contributed by atoms with E-state index < -0.39 is 0 Å². The van der Waals surface area contributed by atoms with Crippen LogP contribution in [0, 0.1) is 0 Å². The summed E-state index contributed by atoms with van der Waals surface area (Å²) in [5.74, 6) is 1.44. The topological polar surface area (TPSA) is 20.2 Å². The van der Waals surface area contributed by atoms with E-state index in [0.717, 1.165) is 18.6 Å². The van der Waals surface area contributed by atoms with Gasteiger partial charge in [0.2, 0.25) is 0 Å². The molecule has 0 heterocycles. The predicted molar refractivity (Wildman–Crippen MR) is 58.3 cm³/mol. The van der Waals surface area contributed by atoms with Crippen LogP contribution in [0.5, 0.6) is 5.75 Å². The van der Waals surface area contributed by atoms with Gasteiger partial charge in [-0.2, -0.15) is 0 Å². The van der Waals surface area contributed by atoms with Crippen molar-refractivity contribution in [3.05, 3.63) is 36.9 Å². The van der Waals surface area contributed by atoms with Crippen molar-refractivity contribution in [3.8, 4) is 5.75 Å². The quantitative estimate of drug-likeness (QED) is 0.440. The van der Waals surface area contributed by atoms with Gasteiger partial charge in [0.05, 0.1) is 0 Å². The molecule has 2 heteroatoms. The van der Waals surface area contributed by atoms with Crippen molar-refractivity contribution >= 4 is 11.8 Å². The van der Waals surface area contributed by atoms with Gasteiger partial charge in [0.1, 0.15) is 5.75 Å². The Morgan fingerprint density at radius 1 is 1.31 bits per heavy atom. The van der Waals surface area contributed by atoms with Gasteiger partial charge in [0.15, 0.2) is 0 Å². The fraction of sp³-hybridized carbons (Fsp3) is 0.273. The first-order valence-electron chi connectivity index (χ1n) is 4.35. The number of hydrogen-bond acceptors (Lipinski definition) is 2. The second kappa shape index (κ2) is 5.70. The van der Waals surface area contributed by atoms with Crippen LogP contribution in [-0.4, -0.2) is 10.9 Å². The van der Waals surface area contributed by atoms with E-state index >= 15 is 0 Å². The molecule has 1 aromatic rings. The number of thioether (sulfide) groups is 1. The number of hydrogen-bond donors (Lipinski definition) is 1. The summed E-state index contributed by atoms with van der Waals surface area (Å²) in [6.45, 7) is 3.67. The van der Waals surface area contributed by atoms with E-state index in [1.165, 1.54) is 4.90 Å². The Labute approximate surface area is 83.5 Å². The molecule has 0 aliphatic heterocycles. The summed E-state index contributed by atoms with van der Waals surface area (Å²) in [5.41, 5.74) is 0. The highest BCUT2D eigenvalue weighted by Crippen LogP contribution is 2.21. The average Bonchev–Trinajstić information content (AvgIpc) is 2.15. The fourth-order valence-electron chi connectivity index (χ4n) is 0.960. The molecule has 0 fully saturated rings. The average molecular weight is 194 g/mol. The van der Waals surface area contributed by atoms with E-state index in [-0.39, 0.29) is 0 Å². The monoisotopic (exact) mass is 194 g/mol. The molecule has 1 aromatic carbocycles. The van der Waals surface area contributed by atoms with Crippen LogP contribution in [0.1, 0.15) is 12.8 Å². The first-order valence-corrected chi connectivity index (χ1v) is 5.34. The van der Waals surface area contributed by atoms with Crippen molar-refractivity contribution in [3.63, 3.8) is 0 Å². The summed E-state index contributed by atoms with van der Waals surface area (Å²) < 4.78 is 0. The van der Waals surface area contributed by atoms with Gasteiger partial charge in [0.25, 0.3) is 0 Å². The maximum absolute atomic E-state index is 9.04. The lowest BCUT2D eigenvalue weighted by Gasteiger charge is -1.99. The molecule has 0 aliphatic carbocycles. The van der Waals surface area contributed by atoms with E-state index in [4.69, 9.17) is 5.11 Å². The van der Waals surface area contributed by atoms with E-state index in [1.54, 1.807) is 12.1 Å². The number of aromatic hydroxyl groups is 1. The van der Waals surface area contributed by atoms with Crippen LogP contribution in [0.25, 0.3) is 0 Å². The minimum atomic E-state index is 0.329. The number of allylic oxidation sites excluding steroid dienone is 1. The second-order valence-corrected chi connectivity index (χ2v) is 3.94. The van der Waals surface area contributed by atoms with E-state index in [0.29, 0.717) is 5.75 Å². The van der Waals surface area contributed by atoms with E-state index in [9.17, 15) is 0 Å². The molecule has 0 atom stereocenters. The number of phenols is 1. The molecule has 0 unspecified atom stereocenters. The Bertz CT molecular complexity index is 253. The lowest BCUT2D eigenvalue weighted by Crippen LogP contribution is -1.78. The van der Waals surface area contributed by atoms with Crippen LogP contribution in [0.4, 0.5) is 0 Å². The summed E-state index contributed by atoms with van der Waals surface area (Å²) >= 11 is 1.81. The van der Waals surface area contributed by atoms with Crippen molar-refractivity contribution in [2.45, 2.75) is 17.7 Å². The van der Waals surface area contributed by atoms with Crippen LogP contribution in [-0.2, 0) is 0 Å². The normalized spacial score (nSPS) is 9.85. The van der Waals surface area contributed by atoms with Gasteiger partial charge in [-0.3, -0.25) is 0 Å². The number of rotatable bonds is 5. The summed E-state index contributed by atoms with van der Waals surface area (Å²) in [6, 6.07) is 7.31. The molecular formula is C11H14OS. The third kappa shape index (κ3) is 4.04.